The maximum absolute atomic E-state index is 11.1. The molecule has 0 saturated carbocycles. The molecule has 0 aliphatic rings. The van der Waals surface area contributed by atoms with Gasteiger partial charge in [0.05, 0.1) is 15.7 Å². The topological polar surface area (TPSA) is 42.0 Å². The smallest absolute Gasteiger partial charge is 0.224 e. The van der Waals surface area contributed by atoms with Gasteiger partial charge in [0.25, 0.3) is 0 Å². The van der Waals surface area contributed by atoms with Gasteiger partial charge in [0.2, 0.25) is 5.91 Å². The molecule has 0 fully saturated rings. The fourth-order valence-electron chi connectivity index (χ4n) is 1.18. The van der Waals surface area contributed by atoms with E-state index in [4.69, 9.17) is 0 Å². The molecule has 1 amide bonds. The van der Waals surface area contributed by atoms with E-state index in [1.807, 2.05) is 25.1 Å². The van der Waals surface area contributed by atoms with Crippen LogP contribution in [0.1, 0.15) is 13.3 Å². The van der Waals surface area contributed by atoms with Crippen LogP contribution in [0.5, 0.6) is 0 Å². The van der Waals surface area contributed by atoms with Gasteiger partial charge >= 0.3 is 0 Å². The number of amides is 1. The predicted octanol–water partition coefficient (Wildman–Crippen LogP) is 2.64. The summed E-state index contributed by atoms with van der Waals surface area (Å²) in [6.45, 7) is 1.83. The molecular weight excluding hydrogens is 196 g/mol. The highest BCUT2D eigenvalue weighted by molar-refractivity contribution is 7.16. The second-order valence-corrected chi connectivity index (χ2v) is 3.82. The minimum atomic E-state index is 0.0360. The van der Waals surface area contributed by atoms with Gasteiger partial charge in [-0.25, -0.2) is 4.98 Å². The summed E-state index contributed by atoms with van der Waals surface area (Å²) in [5.74, 6) is 0.0360. The van der Waals surface area contributed by atoms with Gasteiger partial charge in [-0.05, 0) is 18.2 Å². The average molecular weight is 206 g/mol. The Morgan fingerprint density at radius 2 is 2.43 bits per heavy atom. The minimum Gasteiger partial charge on any atom is -0.326 e. The van der Waals surface area contributed by atoms with Gasteiger partial charge in [-0.1, -0.05) is 6.92 Å². The highest BCUT2D eigenvalue weighted by atomic mass is 32.1. The molecule has 14 heavy (non-hydrogen) atoms. The van der Waals surface area contributed by atoms with Gasteiger partial charge in [-0.2, -0.15) is 0 Å². The van der Waals surface area contributed by atoms with Crippen molar-refractivity contribution < 1.29 is 4.79 Å². The molecule has 0 aliphatic heterocycles. The molecule has 0 spiro atoms. The van der Waals surface area contributed by atoms with Crippen molar-refractivity contribution >= 4 is 33.1 Å². The molecule has 2 aromatic rings. The number of carbonyl (C=O) groups is 1. The third-order valence-electron chi connectivity index (χ3n) is 1.94. The van der Waals surface area contributed by atoms with Crippen LogP contribution < -0.4 is 5.32 Å². The molecule has 0 saturated heterocycles. The molecule has 1 heterocycles. The van der Waals surface area contributed by atoms with Crippen LogP contribution in [0, 0.1) is 0 Å². The van der Waals surface area contributed by atoms with E-state index in [2.05, 4.69) is 10.3 Å². The third-order valence-corrected chi connectivity index (χ3v) is 2.73. The number of aromatic nitrogens is 1. The summed E-state index contributed by atoms with van der Waals surface area (Å²) in [7, 11) is 0. The number of carbonyl (C=O) groups excluding carboxylic acids is 1. The Morgan fingerprint density at radius 3 is 3.21 bits per heavy atom. The fraction of sp³-hybridized carbons (Fsp3) is 0.200. The average Bonchev–Trinajstić information content (AvgIpc) is 2.64. The number of anilines is 1. The van der Waals surface area contributed by atoms with Crippen LogP contribution in [0.3, 0.4) is 0 Å². The van der Waals surface area contributed by atoms with Gasteiger partial charge in [0.1, 0.15) is 0 Å². The van der Waals surface area contributed by atoms with Crippen LogP contribution in [0.15, 0.2) is 23.7 Å². The van der Waals surface area contributed by atoms with E-state index in [0.29, 0.717) is 6.42 Å². The number of benzene rings is 1. The highest BCUT2D eigenvalue weighted by Crippen LogP contribution is 2.21. The zero-order chi connectivity index (χ0) is 9.97. The maximum atomic E-state index is 11.1. The molecular formula is C10H10N2OS. The van der Waals surface area contributed by atoms with Crippen molar-refractivity contribution in [2.24, 2.45) is 0 Å². The van der Waals surface area contributed by atoms with Crippen LogP contribution in [-0.2, 0) is 4.79 Å². The van der Waals surface area contributed by atoms with Gasteiger partial charge in [-0.3, -0.25) is 4.79 Å². The minimum absolute atomic E-state index is 0.0360. The van der Waals surface area contributed by atoms with Crippen LogP contribution >= 0.6 is 11.3 Å². The summed E-state index contributed by atoms with van der Waals surface area (Å²) in [4.78, 5) is 15.3. The summed E-state index contributed by atoms with van der Waals surface area (Å²) < 4.78 is 1.10. The van der Waals surface area contributed by atoms with Crippen molar-refractivity contribution in [2.75, 3.05) is 5.32 Å². The molecule has 72 valence electrons. The van der Waals surface area contributed by atoms with Crippen LogP contribution in [0.25, 0.3) is 10.2 Å². The van der Waals surface area contributed by atoms with Crippen molar-refractivity contribution in [2.45, 2.75) is 13.3 Å². The lowest BCUT2D eigenvalue weighted by Gasteiger charge is -2.02. The largest absolute Gasteiger partial charge is 0.326 e. The SMILES string of the molecule is CCC(=O)Nc1ccc2ncsc2c1. The van der Waals surface area contributed by atoms with Gasteiger partial charge in [0.15, 0.2) is 0 Å². The molecule has 2 rings (SSSR count). The zero-order valence-corrected chi connectivity index (χ0v) is 8.60. The first-order valence-electron chi connectivity index (χ1n) is 4.42. The van der Waals surface area contributed by atoms with E-state index >= 15 is 0 Å². The standard InChI is InChI=1S/C10H10N2OS/c1-2-10(13)12-7-3-4-8-9(5-7)14-6-11-8/h3-6H,2H2,1H3,(H,12,13). The molecule has 3 nitrogen and oxygen atoms in total. The number of rotatable bonds is 2. The monoisotopic (exact) mass is 206 g/mol. The first-order chi connectivity index (χ1) is 6.79. The lowest BCUT2D eigenvalue weighted by atomic mass is 10.3. The number of nitrogens with zero attached hydrogens (tertiary/aromatic N) is 1. The Morgan fingerprint density at radius 1 is 1.57 bits per heavy atom. The Balaban J connectivity index is 2.30. The van der Waals surface area contributed by atoms with Crippen molar-refractivity contribution in [1.29, 1.82) is 0 Å². The number of nitrogens with one attached hydrogen (secondary N) is 1. The van der Waals surface area contributed by atoms with Crippen LogP contribution in [-0.4, -0.2) is 10.9 Å². The zero-order valence-electron chi connectivity index (χ0n) is 7.78. The Labute approximate surface area is 85.8 Å². The fourth-order valence-corrected chi connectivity index (χ4v) is 1.90. The first kappa shape index (κ1) is 9.15. The quantitative estimate of drug-likeness (QED) is 0.820. The van der Waals surface area contributed by atoms with Crippen molar-refractivity contribution in [1.82, 2.24) is 4.98 Å². The number of hydrogen-bond acceptors (Lipinski definition) is 3. The van der Waals surface area contributed by atoms with E-state index in [0.717, 1.165) is 15.9 Å². The summed E-state index contributed by atoms with van der Waals surface area (Å²) in [6.07, 6.45) is 0.501. The van der Waals surface area contributed by atoms with Crippen LogP contribution in [0.2, 0.25) is 0 Å². The lowest BCUT2D eigenvalue weighted by Crippen LogP contribution is -2.08. The van der Waals surface area contributed by atoms with Crippen molar-refractivity contribution in [3.63, 3.8) is 0 Å². The molecule has 1 aromatic carbocycles. The van der Waals surface area contributed by atoms with E-state index in [1.165, 1.54) is 0 Å². The second-order valence-electron chi connectivity index (χ2n) is 2.94. The van der Waals surface area contributed by atoms with Gasteiger partial charge in [0, 0.05) is 12.1 Å². The van der Waals surface area contributed by atoms with Crippen molar-refractivity contribution in [3.8, 4) is 0 Å². The summed E-state index contributed by atoms with van der Waals surface area (Å²) in [5.41, 5.74) is 3.62. The van der Waals surface area contributed by atoms with E-state index in [-0.39, 0.29) is 5.91 Å². The number of thiazole rings is 1. The Kier molecular flexibility index (Phi) is 2.45. The van der Waals surface area contributed by atoms with Gasteiger partial charge < -0.3 is 5.32 Å². The summed E-state index contributed by atoms with van der Waals surface area (Å²) in [6, 6.07) is 5.73. The molecule has 0 radical (unpaired) electrons. The molecule has 0 unspecified atom stereocenters. The molecule has 4 heteroatoms. The maximum Gasteiger partial charge on any atom is 0.224 e. The van der Waals surface area contributed by atoms with E-state index in [9.17, 15) is 4.79 Å². The molecule has 0 bridgehead atoms. The first-order valence-corrected chi connectivity index (χ1v) is 5.30. The van der Waals surface area contributed by atoms with E-state index < -0.39 is 0 Å². The van der Waals surface area contributed by atoms with Crippen LogP contribution in [0.4, 0.5) is 5.69 Å². The Bertz CT molecular complexity index is 464. The number of fused-ring (bicyclic) bond motifs is 1. The van der Waals surface area contributed by atoms with Crippen molar-refractivity contribution in [3.05, 3.63) is 23.7 Å². The van der Waals surface area contributed by atoms with Gasteiger partial charge in [-0.15, -0.1) is 11.3 Å². The predicted molar refractivity (Wildman–Crippen MR) is 58.5 cm³/mol. The third kappa shape index (κ3) is 1.75. The number of hydrogen-bond donors (Lipinski definition) is 1. The normalized spacial score (nSPS) is 10.4. The summed E-state index contributed by atoms with van der Waals surface area (Å²) in [5, 5.41) is 2.81. The summed E-state index contributed by atoms with van der Waals surface area (Å²) >= 11 is 1.57. The highest BCUT2D eigenvalue weighted by Gasteiger charge is 2.01. The second kappa shape index (κ2) is 3.75. The molecule has 1 N–H and O–H groups in total. The van der Waals surface area contributed by atoms with E-state index in [1.54, 1.807) is 16.8 Å². The molecule has 0 aliphatic carbocycles. The molecule has 1 aromatic heterocycles. The molecule has 0 atom stereocenters. The lowest BCUT2D eigenvalue weighted by molar-refractivity contribution is -0.115. The Hall–Kier alpha value is -1.42.